The molecule has 0 radical (unpaired) electrons. The van der Waals surface area contributed by atoms with Crippen LogP contribution in [0.3, 0.4) is 0 Å². The van der Waals surface area contributed by atoms with E-state index in [0.717, 1.165) is 25.4 Å². The highest BCUT2D eigenvalue weighted by Crippen LogP contribution is 2.14. The maximum Gasteiger partial charge on any atom is 0.0235 e. The van der Waals surface area contributed by atoms with Crippen LogP contribution in [0, 0.1) is 0 Å². The Bertz CT molecular complexity index is 266. The van der Waals surface area contributed by atoms with Crippen molar-refractivity contribution < 1.29 is 0 Å². The summed E-state index contributed by atoms with van der Waals surface area (Å²) in [6.45, 7) is 6.37. The van der Waals surface area contributed by atoms with Crippen LogP contribution >= 0.6 is 11.6 Å². The van der Waals surface area contributed by atoms with Gasteiger partial charge in [-0.15, -0.1) is 11.6 Å². The number of benzene rings is 1. The van der Waals surface area contributed by atoms with Crippen LogP contribution in [0.4, 0.5) is 0 Å². The maximum atomic E-state index is 5.60. The lowest BCUT2D eigenvalue weighted by Gasteiger charge is -2.07. The number of nitrogens with one attached hydrogen (secondary N) is 1. The summed E-state index contributed by atoms with van der Waals surface area (Å²) in [5.74, 6) is 1.35. The van der Waals surface area contributed by atoms with Crippen molar-refractivity contribution in [1.82, 2.24) is 5.32 Å². The lowest BCUT2D eigenvalue weighted by atomic mass is 10.0. The van der Waals surface area contributed by atoms with E-state index in [0.29, 0.717) is 5.92 Å². The van der Waals surface area contributed by atoms with Gasteiger partial charge in [0.2, 0.25) is 0 Å². The molecule has 2 heteroatoms. The number of halogens is 1. The van der Waals surface area contributed by atoms with Gasteiger partial charge in [0.15, 0.2) is 0 Å². The highest BCUT2D eigenvalue weighted by atomic mass is 35.5. The molecule has 0 aliphatic rings. The monoisotopic (exact) mass is 225 g/mol. The summed E-state index contributed by atoms with van der Waals surface area (Å²) in [6, 6.07) is 8.82. The number of hydrogen-bond acceptors (Lipinski definition) is 1. The van der Waals surface area contributed by atoms with Crippen LogP contribution in [0.15, 0.2) is 24.3 Å². The van der Waals surface area contributed by atoms with Crippen molar-refractivity contribution in [2.75, 3.05) is 12.4 Å². The van der Waals surface area contributed by atoms with Gasteiger partial charge >= 0.3 is 0 Å². The van der Waals surface area contributed by atoms with Gasteiger partial charge < -0.3 is 5.32 Å². The minimum Gasteiger partial charge on any atom is -0.313 e. The molecule has 0 amide bonds. The molecular formula is C13H20ClN. The Hall–Kier alpha value is -0.530. The molecule has 0 spiro atoms. The van der Waals surface area contributed by atoms with Gasteiger partial charge in [-0.3, -0.25) is 0 Å². The first-order chi connectivity index (χ1) is 7.24. The SMILES string of the molecule is CC(C)c1ccc(CNCCCCl)cc1. The predicted octanol–water partition coefficient (Wildman–Crippen LogP) is 3.53. The molecule has 0 bridgehead atoms. The van der Waals surface area contributed by atoms with Crippen LogP contribution in [0.5, 0.6) is 0 Å². The van der Waals surface area contributed by atoms with Gasteiger partial charge in [-0.25, -0.2) is 0 Å². The van der Waals surface area contributed by atoms with Gasteiger partial charge in [0.25, 0.3) is 0 Å². The van der Waals surface area contributed by atoms with Crippen LogP contribution in [-0.4, -0.2) is 12.4 Å². The molecule has 0 heterocycles. The lowest BCUT2D eigenvalue weighted by Crippen LogP contribution is -2.14. The fraction of sp³-hybridized carbons (Fsp3) is 0.538. The minimum absolute atomic E-state index is 0.614. The molecule has 1 aromatic carbocycles. The van der Waals surface area contributed by atoms with E-state index < -0.39 is 0 Å². The van der Waals surface area contributed by atoms with Crippen molar-refractivity contribution in [3.8, 4) is 0 Å². The molecule has 0 fully saturated rings. The highest BCUT2D eigenvalue weighted by molar-refractivity contribution is 6.17. The number of alkyl halides is 1. The third kappa shape index (κ3) is 4.67. The summed E-state index contributed by atoms with van der Waals surface area (Å²) >= 11 is 5.60. The second-order valence-electron chi connectivity index (χ2n) is 4.12. The zero-order chi connectivity index (χ0) is 11.1. The van der Waals surface area contributed by atoms with Crippen molar-refractivity contribution in [1.29, 1.82) is 0 Å². The van der Waals surface area contributed by atoms with E-state index in [1.807, 2.05) is 0 Å². The molecule has 1 nitrogen and oxygen atoms in total. The van der Waals surface area contributed by atoms with E-state index in [9.17, 15) is 0 Å². The molecule has 1 rings (SSSR count). The molecule has 0 saturated carbocycles. The van der Waals surface area contributed by atoms with Crippen LogP contribution < -0.4 is 5.32 Å². The first-order valence-electron chi connectivity index (χ1n) is 5.59. The van der Waals surface area contributed by atoms with Crippen molar-refractivity contribution in [3.05, 3.63) is 35.4 Å². The van der Waals surface area contributed by atoms with Gasteiger partial charge in [0.05, 0.1) is 0 Å². The normalized spacial score (nSPS) is 10.9. The van der Waals surface area contributed by atoms with E-state index in [1.54, 1.807) is 0 Å². The minimum atomic E-state index is 0.614. The Labute approximate surface area is 97.8 Å². The van der Waals surface area contributed by atoms with Crippen molar-refractivity contribution in [2.45, 2.75) is 32.7 Å². The van der Waals surface area contributed by atoms with Gasteiger partial charge in [0.1, 0.15) is 0 Å². The van der Waals surface area contributed by atoms with Crippen LogP contribution in [0.1, 0.15) is 37.3 Å². The van der Waals surface area contributed by atoms with E-state index in [4.69, 9.17) is 11.6 Å². The highest BCUT2D eigenvalue weighted by Gasteiger charge is 1.98. The Morgan fingerprint density at radius 3 is 2.40 bits per heavy atom. The van der Waals surface area contributed by atoms with E-state index in [2.05, 4.69) is 43.4 Å². The van der Waals surface area contributed by atoms with E-state index >= 15 is 0 Å². The summed E-state index contributed by atoms with van der Waals surface area (Å²) < 4.78 is 0. The van der Waals surface area contributed by atoms with Crippen molar-refractivity contribution >= 4 is 11.6 Å². The first-order valence-corrected chi connectivity index (χ1v) is 6.13. The summed E-state index contributed by atoms with van der Waals surface area (Å²) in [4.78, 5) is 0. The molecule has 15 heavy (non-hydrogen) atoms. The Morgan fingerprint density at radius 1 is 1.20 bits per heavy atom. The average molecular weight is 226 g/mol. The maximum absolute atomic E-state index is 5.60. The second-order valence-corrected chi connectivity index (χ2v) is 4.49. The van der Waals surface area contributed by atoms with Crippen LogP contribution in [0.2, 0.25) is 0 Å². The fourth-order valence-electron chi connectivity index (χ4n) is 1.44. The standard InChI is InChI=1S/C13H20ClN/c1-11(2)13-6-4-12(5-7-13)10-15-9-3-8-14/h4-7,11,15H,3,8-10H2,1-2H3. The fourth-order valence-corrected chi connectivity index (χ4v) is 1.58. The van der Waals surface area contributed by atoms with Crippen LogP contribution in [-0.2, 0) is 6.54 Å². The Morgan fingerprint density at radius 2 is 1.87 bits per heavy atom. The molecule has 0 aliphatic heterocycles. The Kier molecular flexibility index (Phi) is 5.74. The molecule has 1 N–H and O–H groups in total. The van der Waals surface area contributed by atoms with E-state index in [1.165, 1.54) is 11.1 Å². The van der Waals surface area contributed by atoms with Crippen molar-refractivity contribution in [3.63, 3.8) is 0 Å². The molecule has 0 unspecified atom stereocenters. The molecule has 84 valence electrons. The number of rotatable bonds is 6. The van der Waals surface area contributed by atoms with Gasteiger partial charge in [-0.05, 0) is 30.0 Å². The predicted molar refractivity (Wildman–Crippen MR) is 67.6 cm³/mol. The zero-order valence-corrected chi connectivity index (χ0v) is 10.3. The topological polar surface area (TPSA) is 12.0 Å². The summed E-state index contributed by atoms with van der Waals surface area (Å²) in [6.07, 6.45) is 1.03. The van der Waals surface area contributed by atoms with Gasteiger partial charge in [-0.2, -0.15) is 0 Å². The van der Waals surface area contributed by atoms with Crippen LogP contribution in [0.25, 0.3) is 0 Å². The van der Waals surface area contributed by atoms with Gasteiger partial charge in [-0.1, -0.05) is 38.1 Å². The number of hydrogen-bond donors (Lipinski definition) is 1. The molecule has 0 atom stereocenters. The average Bonchev–Trinajstić information content (AvgIpc) is 2.25. The summed E-state index contributed by atoms with van der Waals surface area (Å²) in [7, 11) is 0. The quantitative estimate of drug-likeness (QED) is 0.577. The molecular weight excluding hydrogens is 206 g/mol. The Balaban J connectivity index is 2.36. The molecule has 1 aromatic rings. The molecule has 0 aromatic heterocycles. The van der Waals surface area contributed by atoms with Gasteiger partial charge in [0, 0.05) is 12.4 Å². The molecule has 0 aliphatic carbocycles. The lowest BCUT2D eigenvalue weighted by molar-refractivity contribution is 0.677. The molecule has 0 saturated heterocycles. The summed E-state index contributed by atoms with van der Waals surface area (Å²) in [5.41, 5.74) is 2.74. The summed E-state index contributed by atoms with van der Waals surface area (Å²) in [5, 5.41) is 3.37. The second kappa shape index (κ2) is 6.86. The largest absolute Gasteiger partial charge is 0.313 e. The third-order valence-corrected chi connectivity index (χ3v) is 2.73. The zero-order valence-electron chi connectivity index (χ0n) is 9.59. The van der Waals surface area contributed by atoms with Crippen molar-refractivity contribution in [2.24, 2.45) is 0 Å². The third-order valence-electron chi connectivity index (χ3n) is 2.46. The smallest absolute Gasteiger partial charge is 0.0235 e. The van der Waals surface area contributed by atoms with E-state index in [-0.39, 0.29) is 0 Å². The first kappa shape index (κ1) is 12.5.